The smallest absolute Gasteiger partial charge is 0.0647 e. The quantitative estimate of drug-likeness (QED) is 0.597. The van der Waals surface area contributed by atoms with Crippen molar-refractivity contribution >= 4 is 5.69 Å². The average molecular weight is 152 g/mol. The predicted octanol–water partition coefficient (Wildman–Crippen LogP) is 2.37. The van der Waals surface area contributed by atoms with E-state index in [0.29, 0.717) is 22.9 Å². The van der Waals surface area contributed by atoms with Gasteiger partial charge in [0.15, 0.2) is 0 Å². The molecule has 0 radical (unpaired) electrons. The Kier molecular flexibility index (Phi) is 1.29. The lowest BCUT2D eigenvalue weighted by Gasteiger charge is -2.13. The molecule has 0 fully saturated rings. The fourth-order valence-corrected chi connectivity index (χ4v) is 0.954. The molecule has 1 heteroatoms. The lowest BCUT2D eigenvalue weighted by Crippen LogP contribution is -2.08. The van der Waals surface area contributed by atoms with Crippen molar-refractivity contribution < 1.29 is 4.11 Å². The molecule has 0 aromatic heterocycles. The molecule has 0 saturated carbocycles. The summed E-state index contributed by atoms with van der Waals surface area (Å²) in [6.45, 7) is 3.51. The molecular weight excluding hydrogens is 134 g/mol. The minimum absolute atomic E-state index is 0.288. The summed E-state index contributed by atoms with van der Waals surface area (Å²) in [5.41, 5.74) is 1.88. The maximum absolute atomic E-state index is 7.82. The van der Waals surface area contributed by atoms with Crippen LogP contribution >= 0.6 is 0 Å². The highest BCUT2D eigenvalue weighted by molar-refractivity contribution is 5.49. The van der Waals surface area contributed by atoms with E-state index in [1.807, 2.05) is 14.1 Å². The summed E-state index contributed by atoms with van der Waals surface area (Å²) < 4.78 is 23.3. The Labute approximate surface area is 72.9 Å². The number of hydrogen-bond acceptors (Lipinski definition) is 1. The highest BCUT2D eigenvalue weighted by Gasteiger charge is 1.95. The fraction of sp³-hybridized carbons (Fsp3) is 0.400. The van der Waals surface area contributed by atoms with Crippen LogP contribution in [0.2, 0.25) is 0 Å². The Bertz CT molecular complexity index is 343. The third-order valence-corrected chi connectivity index (χ3v) is 1.43. The van der Waals surface area contributed by atoms with Crippen LogP contribution in [0, 0.1) is 13.8 Å². The van der Waals surface area contributed by atoms with E-state index in [4.69, 9.17) is 4.11 Å². The first kappa shape index (κ1) is 4.81. The van der Waals surface area contributed by atoms with Crippen molar-refractivity contribution in [1.82, 2.24) is 0 Å². The molecule has 1 nitrogen and oxygen atoms in total. The van der Waals surface area contributed by atoms with Crippen LogP contribution in [0.1, 0.15) is 15.2 Å². The third kappa shape index (κ3) is 1.97. The van der Waals surface area contributed by atoms with Gasteiger partial charge in [0.05, 0.1) is 4.11 Å². The Morgan fingerprint density at radius 3 is 1.91 bits per heavy atom. The van der Waals surface area contributed by atoms with Gasteiger partial charge in [0, 0.05) is 19.8 Å². The summed E-state index contributed by atoms with van der Waals surface area (Å²) in [5, 5.41) is 0. The highest BCUT2D eigenvalue weighted by Crippen LogP contribution is 2.15. The maximum Gasteiger partial charge on any atom is 0.0647 e. The molecule has 0 aliphatic heterocycles. The van der Waals surface area contributed by atoms with Crippen molar-refractivity contribution in [3.8, 4) is 0 Å². The van der Waals surface area contributed by atoms with E-state index in [0.717, 1.165) is 0 Å². The third-order valence-electron chi connectivity index (χ3n) is 1.43. The van der Waals surface area contributed by atoms with Gasteiger partial charge in [-0.15, -0.1) is 0 Å². The zero-order valence-corrected chi connectivity index (χ0v) is 7.45. The molecule has 0 bridgehead atoms. The molecule has 0 atom stereocenters. The Hall–Kier alpha value is -0.980. The molecule has 0 aliphatic rings. The van der Waals surface area contributed by atoms with Gasteiger partial charge in [0.2, 0.25) is 0 Å². The number of rotatable bonds is 1. The molecule has 0 spiro atoms. The van der Waals surface area contributed by atoms with Gasteiger partial charge in [0.25, 0.3) is 0 Å². The molecule has 1 rings (SSSR count). The second kappa shape index (κ2) is 2.95. The maximum atomic E-state index is 7.82. The molecule has 1 aromatic rings. The number of anilines is 1. The summed E-state index contributed by atoms with van der Waals surface area (Å²) in [4.78, 5) is 1.75. The molecular formula is C10H15N. The molecule has 0 unspecified atom stereocenters. The lowest BCUT2D eigenvalue weighted by molar-refractivity contribution is 1.12. The van der Waals surface area contributed by atoms with Gasteiger partial charge in [-0.05, 0) is 37.1 Å². The standard InChI is InChI=1S/C10H15N/c1-8-5-9(2)7-10(6-8)11(3)4/h5-7H,1-4H3/i5D,6D,7D. The van der Waals surface area contributed by atoms with E-state index < -0.39 is 0 Å². The SMILES string of the molecule is [2H]c1c(C)c([2H])c(N(C)C)c([2H])c1C. The minimum Gasteiger partial charge on any atom is -0.378 e. The van der Waals surface area contributed by atoms with E-state index in [1.54, 1.807) is 18.7 Å². The van der Waals surface area contributed by atoms with Crippen LogP contribution in [-0.2, 0) is 0 Å². The van der Waals surface area contributed by atoms with Crippen LogP contribution in [-0.4, -0.2) is 14.1 Å². The predicted molar refractivity (Wildman–Crippen MR) is 50.2 cm³/mol. The first-order chi connectivity index (χ1) is 6.37. The largest absolute Gasteiger partial charge is 0.378 e. The Morgan fingerprint density at radius 1 is 1.09 bits per heavy atom. The summed E-state index contributed by atoms with van der Waals surface area (Å²) in [7, 11) is 3.63. The Morgan fingerprint density at radius 2 is 1.55 bits per heavy atom. The molecule has 0 heterocycles. The topological polar surface area (TPSA) is 3.24 Å². The summed E-state index contributed by atoms with van der Waals surface area (Å²) in [6, 6.07) is 0.886. The molecule has 0 saturated heterocycles. The Balaban J connectivity index is 3.60. The van der Waals surface area contributed by atoms with E-state index in [-0.39, 0.29) is 12.1 Å². The monoisotopic (exact) mass is 152 g/mol. The summed E-state index contributed by atoms with van der Waals surface area (Å²) in [5.74, 6) is 0. The van der Waals surface area contributed by atoms with Gasteiger partial charge in [-0.2, -0.15) is 0 Å². The minimum atomic E-state index is 0.288. The van der Waals surface area contributed by atoms with Crippen LogP contribution < -0.4 is 4.90 Å². The second-order valence-corrected chi connectivity index (χ2v) is 2.87. The molecule has 60 valence electrons. The van der Waals surface area contributed by atoms with Crippen molar-refractivity contribution in [3.63, 3.8) is 0 Å². The normalized spacial score (nSPS) is 13.6. The fourth-order valence-electron chi connectivity index (χ4n) is 0.954. The van der Waals surface area contributed by atoms with E-state index in [1.165, 1.54) is 0 Å². The van der Waals surface area contributed by atoms with E-state index >= 15 is 0 Å². The first-order valence-electron chi connectivity index (χ1n) is 5.12. The lowest BCUT2D eigenvalue weighted by atomic mass is 10.1. The molecule has 0 aliphatic carbocycles. The first-order valence-corrected chi connectivity index (χ1v) is 3.62. The van der Waals surface area contributed by atoms with Crippen LogP contribution in [0.25, 0.3) is 0 Å². The van der Waals surface area contributed by atoms with Gasteiger partial charge in [-0.25, -0.2) is 0 Å². The van der Waals surface area contributed by atoms with Crippen molar-refractivity contribution in [2.75, 3.05) is 19.0 Å². The number of benzene rings is 1. The van der Waals surface area contributed by atoms with Crippen LogP contribution in [0.15, 0.2) is 18.1 Å². The molecule has 0 N–H and O–H groups in total. The molecule has 1 aromatic carbocycles. The van der Waals surface area contributed by atoms with E-state index in [2.05, 4.69) is 0 Å². The van der Waals surface area contributed by atoms with E-state index in [9.17, 15) is 0 Å². The number of nitrogens with zero attached hydrogens (tertiary/aromatic N) is 1. The average Bonchev–Trinajstić information content (AvgIpc) is 2.11. The number of hydrogen-bond donors (Lipinski definition) is 0. The summed E-state index contributed by atoms with van der Waals surface area (Å²) >= 11 is 0. The van der Waals surface area contributed by atoms with Crippen molar-refractivity contribution in [2.24, 2.45) is 0 Å². The van der Waals surface area contributed by atoms with Crippen molar-refractivity contribution in [2.45, 2.75) is 13.8 Å². The zero-order chi connectivity index (χ0) is 11.0. The van der Waals surface area contributed by atoms with Crippen LogP contribution in [0.5, 0.6) is 0 Å². The van der Waals surface area contributed by atoms with Crippen LogP contribution in [0.3, 0.4) is 0 Å². The summed E-state index contributed by atoms with van der Waals surface area (Å²) in [6.07, 6.45) is 0. The van der Waals surface area contributed by atoms with Crippen molar-refractivity contribution in [1.29, 1.82) is 0 Å². The molecule has 11 heavy (non-hydrogen) atoms. The molecule has 0 amide bonds. The van der Waals surface area contributed by atoms with Crippen molar-refractivity contribution in [3.05, 3.63) is 29.3 Å². The van der Waals surface area contributed by atoms with Gasteiger partial charge in [-0.1, -0.05) is 6.04 Å². The van der Waals surface area contributed by atoms with Crippen LogP contribution in [0.4, 0.5) is 5.69 Å². The van der Waals surface area contributed by atoms with Gasteiger partial charge >= 0.3 is 0 Å². The zero-order valence-electron chi connectivity index (χ0n) is 10.4. The van der Waals surface area contributed by atoms with Gasteiger partial charge in [-0.3, -0.25) is 0 Å². The highest BCUT2D eigenvalue weighted by atomic mass is 15.1. The second-order valence-electron chi connectivity index (χ2n) is 2.87. The van der Waals surface area contributed by atoms with Gasteiger partial charge in [0.1, 0.15) is 0 Å². The van der Waals surface area contributed by atoms with Gasteiger partial charge < -0.3 is 4.90 Å².